The van der Waals surface area contributed by atoms with Crippen molar-refractivity contribution in [2.24, 2.45) is 11.8 Å². The molecule has 1 aromatic rings. The zero-order chi connectivity index (χ0) is 9.97. The molecule has 1 fully saturated rings. The van der Waals surface area contributed by atoms with Gasteiger partial charge < -0.3 is 9.73 Å². The molecule has 0 saturated heterocycles. The Morgan fingerprint density at radius 3 is 2.79 bits per heavy atom. The number of furan rings is 1. The molecule has 14 heavy (non-hydrogen) atoms. The molecule has 1 N–H and O–H groups in total. The average molecular weight is 193 g/mol. The van der Waals surface area contributed by atoms with Crippen LogP contribution in [-0.4, -0.2) is 6.04 Å². The number of hydrogen-bond acceptors (Lipinski definition) is 2. The van der Waals surface area contributed by atoms with Gasteiger partial charge in [-0.05, 0) is 30.7 Å². The van der Waals surface area contributed by atoms with Crippen LogP contribution in [0.3, 0.4) is 0 Å². The van der Waals surface area contributed by atoms with Crippen molar-refractivity contribution in [1.82, 2.24) is 5.32 Å². The molecular formula is C12H19NO. The standard InChI is InChI=1S/C12H19NO/c1-9(2)12(11-3-4-11)13-7-10-5-6-14-8-10/h5-6,8-9,11-13H,3-4,7H2,1-2H3. The highest BCUT2D eigenvalue weighted by Crippen LogP contribution is 2.35. The maximum atomic E-state index is 5.04. The van der Waals surface area contributed by atoms with Crippen LogP contribution in [0.1, 0.15) is 32.3 Å². The fraction of sp³-hybridized carbons (Fsp3) is 0.667. The zero-order valence-electron chi connectivity index (χ0n) is 8.99. The zero-order valence-corrected chi connectivity index (χ0v) is 8.99. The highest BCUT2D eigenvalue weighted by molar-refractivity contribution is 5.05. The Hall–Kier alpha value is -0.760. The summed E-state index contributed by atoms with van der Waals surface area (Å²) in [5.74, 6) is 1.65. The highest BCUT2D eigenvalue weighted by Gasteiger charge is 2.32. The third kappa shape index (κ3) is 2.38. The van der Waals surface area contributed by atoms with Gasteiger partial charge in [0, 0.05) is 18.2 Å². The lowest BCUT2D eigenvalue weighted by Gasteiger charge is -2.21. The van der Waals surface area contributed by atoms with Crippen LogP contribution in [0.5, 0.6) is 0 Å². The van der Waals surface area contributed by atoms with Gasteiger partial charge in [-0.3, -0.25) is 0 Å². The molecule has 0 spiro atoms. The van der Waals surface area contributed by atoms with Crippen molar-refractivity contribution in [3.05, 3.63) is 24.2 Å². The van der Waals surface area contributed by atoms with Gasteiger partial charge in [0.15, 0.2) is 0 Å². The molecule has 0 aromatic carbocycles. The summed E-state index contributed by atoms with van der Waals surface area (Å²) in [5.41, 5.74) is 1.25. The van der Waals surface area contributed by atoms with Crippen molar-refractivity contribution in [2.45, 2.75) is 39.3 Å². The predicted molar refractivity (Wildman–Crippen MR) is 56.9 cm³/mol. The molecule has 1 saturated carbocycles. The fourth-order valence-electron chi connectivity index (χ4n) is 2.03. The second-order valence-electron chi connectivity index (χ2n) is 4.62. The van der Waals surface area contributed by atoms with E-state index >= 15 is 0 Å². The largest absolute Gasteiger partial charge is 0.472 e. The van der Waals surface area contributed by atoms with Crippen molar-refractivity contribution in [3.63, 3.8) is 0 Å². The highest BCUT2D eigenvalue weighted by atomic mass is 16.3. The summed E-state index contributed by atoms with van der Waals surface area (Å²) in [5, 5.41) is 3.62. The molecule has 1 heterocycles. The molecule has 2 rings (SSSR count). The van der Waals surface area contributed by atoms with E-state index in [1.165, 1.54) is 18.4 Å². The first kappa shape index (κ1) is 9.78. The molecule has 1 unspecified atom stereocenters. The molecule has 2 nitrogen and oxygen atoms in total. The van der Waals surface area contributed by atoms with Crippen molar-refractivity contribution < 1.29 is 4.42 Å². The SMILES string of the molecule is CC(C)C(NCc1ccoc1)C1CC1. The maximum absolute atomic E-state index is 5.04. The summed E-state index contributed by atoms with van der Waals surface area (Å²) >= 11 is 0. The van der Waals surface area contributed by atoms with Crippen molar-refractivity contribution in [3.8, 4) is 0 Å². The predicted octanol–water partition coefficient (Wildman–Crippen LogP) is 2.80. The van der Waals surface area contributed by atoms with E-state index in [1.807, 2.05) is 12.3 Å². The minimum absolute atomic E-state index is 0.685. The first-order valence-electron chi connectivity index (χ1n) is 5.52. The third-order valence-electron chi connectivity index (χ3n) is 2.97. The van der Waals surface area contributed by atoms with Crippen LogP contribution in [0, 0.1) is 11.8 Å². The lowest BCUT2D eigenvalue weighted by atomic mass is 9.99. The van der Waals surface area contributed by atoms with Crippen LogP contribution in [0.4, 0.5) is 0 Å². The number of rotatable bonds is 5. The summed E-state index contributed by atoms with van der Waals surface area (Å²) in [4.78, 5) is 0. The van der Waals surface area contributed by atoms with Gasteiger partial charge >= 0.3 is 0 Å². The van der Waals surface area contributed by atoms with E-state index in [1.54, 1.807) is 6.26 Å². The number of hydrogen-bond donors (Lipinski definition) is 1. The molecule has 1 atom stereocenters. The van der Waals surface area contributed by atoms with Crippen LogP contribution in [-0.2, 0) is 6.54 Å². The van der Waals surface area contributed by atoms with Gasteiger partial charge in [-0.2, -0.15) is 0 Å². The molecule has 2 heteroatoms. The Balaban J connectivity index is 1.82. The Bertz CT molecular complexity index is 260. The van der Waals surface area contributed by atoms with Gasteiger partial charge in [-0.1, -0.05) is 13.8 Å². The van der Waals surface area contributed by atoms with Gasteiger partial charge in [0.25, 0.3) is 0 Å². The topological polar surface area (TPSA) is 25.2 Å². The fourth-order valence-corrected chi connectivity index (χ4v) is 2.03. The minimum atomic E-state index is 0.685. The van der Waals surface area contributed by atoms with Gasteiger partial charge in [0.1, 0.15) is 0 Å². The maximum Gasteiger partial charge on any atom is 0.0947 e. The summed E-state index contributed by atoms with van der Waals surface area (Å²) < 4.78 is 5.04. The third-order valence-corrected chi connectivity index (χ3v) is 2.97. The van der Waals surface area contributed by atoms with E-state index in [0.717, 1.165) is 18.4 Å². The Morgan fingerprint density at radius 1 is 1.50 bits per heavy atom. The van der Waals surface area contributed by atoms with Crippen molar-refractivity contribution in [1.29, 1.82) is 0 Å². The van der Waals surface area contributed by atoms with Gasteiger partial charge in [-0.15, -0.1) is 0 Å². The average Bonchev–Trinajstić information content (AvgIpc) is 2.82. The molecule has 1 aliphatic rings. The Morgan fingerprint density at radius 2 is 2.29 bits per heavy atom. The number of nitrogens with one attached hydrogen (secondary N) is 1. The van der Waals surface area contributed by atoms with E-state index in [-0.39, 0.29) is 0 Å². The quantitative estimate of drug-likeness (QED) is 0.778. The van der Waals surface area contributed by atoms with E-state index in [0.29, 0.717) is 6.04 Å². The summed E-state index contributed by atoms with van der Waals surface area (Å²) in [7, 11) is 0. The normalized spacial score (nSPS) is 18.8. The van der Waals surface area contributed by atoms with E-state index in [4.69, 9.17) is 4.42 Å². The Labute approximate surface area is 85.7 Å². The first-order valence-corrected chi connectivity index (χ1v) is 5.52. The molecule has 0 aliphatic heterocycles. The van der Waals surface area contributed by atoms with Crippen molar-refractivity contribution >= 4 is 0 Å². The molecule has 0 radical (unpaired) electrons. The molecular weight excluding hydrogens is 174 g/mol. The van der Waals surface area contributed by atoms with Gasteiger partial charge in [0.2, 0.25) is 0 Å². The van der Waals surface area contributed by atoms with Crippen LogP contribution in [0.15, 0.2) is 23.0 Å². The second-order valence-corrected chi connectivity index (χ2v) is 4.62. The lowest BCUT2D eigenvalue weighted by molar-refractivity contribution is 0.358. The van der Waals surface area contributed by atoms with E-state index in [2.05, 4.69) is 19.2 Å². The van der Waals surface area contributed by atoms with Crippen molar-refractivity contribution in [2.75, 3.05) is 0 Å². The van der Waals surface area contributed by atoms with Crippen LogP contribution in [0.25, 0.3) is 0 Å². The summed E-state index contributed by atoms with van der Waals surface area (Å²) in [6.07, 6.45) is 6.36. The molecule has 0 bridgehead atoms. The van der Waals surface area contributed by atoms with Gasteiger partial charge in [0.05, 0.1) is 12.5 Å². The molecule has 1 aliphatic carbocycles. The smallest absolute Gasteiger partial charge is 0.0947 e. The Kier molecular flexibility index (Phi) is 2.92. The monoisotopic (exact) mass is 193 g/mol. The van der Waals surface area contributed by atoms with Crippen LogP contribution in [0.2, 0.25) is 0 Å². The van der Waals surface area contributed by atoms with Gasteiger partial charge in [-0.25, -0.2) is 0 Å². The van der Waals surface area contributed by atoms with Crippen LogP contribution >= 0.6 is 0 Å². The summed E-state index contributed by atoms with van der Waals surface area (Å²) in [6.45, 7) is 5.53. The molecule has 78 valence electrons. The first-order chi connectivity index (χ1) is 6.77. The summed E-state index contributed by atoms with van der Waals surface area (Å²) in [6, 6.07) is 2.71. The van der Waals surface area contributed by atoms with Crippen LogP contribution < -0.4 is 5.32 Å². The molecule has 1 aromatic heterocycles. The minimum Gasteiger partial charge on any atom is -0.472 e. The lowest BCUT2D eigenvalue weighted by Crippen LogP contribution is -2.35. The van der Waals surface area contributed by atoms with E-state index in [9.17, 15) is 0 Å². The molecule has 0 amide bonds. The van der Waals surface area contributed by atoms with E-state index < -0.39 is 0 Å². The second kappa shape index (κ2) is 4.18.